The van der Waals surface area contributed by atoms with Crippen LogP contribution in [-0.4, -0.2) is 25.2 Å². The Labute approximate surface area is 115 Å². The molecular formula is C15H23ClN2. The van der Waals surface area contributed by atoms with Crippen LogP contribution in [0.4, 0.5) is 5.69 Å². The molecule has 0 aromatic heterocycles. The molecule has 2 nitrogen and oxygen atoms in total. The maximum absolute atomic E-state index is 6.24. The van der Waals surface area contributed by atoms with Crippen molar-refractivity contribution >= 4 is 17.3 Å². The van der Waals surface area contributed by atoms with Gasteiger partial charge in [0.1, 0.15) is 0 Å². The van der Waals surface area contributed by atoms with Gasteiger partial charge in [0.15, 0.2) is 0 Å². The Balaban J connectivity index is 2.16. The van der Waals surface area contributed by atoms with Gasteiger partial charge in [-0.1, -0.05) is 31.0 Å². The third-order valence-electron chi connectivity index (χ3n) is 3.78. The molecule has 1 heterocycles. The van der Waals surface area contributed by atoms with Crippen molar-refractivity contribution < 1.29 is 0 Å². The number of nitrogens with zero attached hydrogens (tertiary/aromatic N) is 1. The lowest BCUT2D eigenvalue weighted by atomic mass is 10.0. The molecule has 1 N–H and O–H groups in total. The summed E-state index contributed by atoms with van der Waals surface area (Å²) in [6.45, 7) is 8.69. The van der Waals surface area contributed by atoms with Gasteiger partial charge in [-0.3, -0.25) is 0 Å². The van der Waals surface area contributed by atoms with Crippen molar-refractivity contribution in [1.82, 2.24) is 5.32 Å². The Bertz CT molecular complexity index is 405. The summed E-state index contributed by atoms with van der Waals surface area (Å²) < 4.78 is 0. The molecule has 2 rings (SSSR count). The van der Waals surface area contributed by atoms with Gasteiger partial charge in [-0.2, -0.15) is 0 Å². The van der Waals surface area contributed by atoms with Crippen LogP contribution in [0.3, 0.4) is 0 Å². The van der Waals surface area contributed by atoms with Gasteiger partial charge in [0.2, 0.25) is 0 Å². The molecule has 2 atom stereocenters. The Morgan fingerprint density at radius 2 is 2.22 bits per heavy atom. The number of hydrogen-bond donors (Lipinski definition) is 1. The summed E-state index contributed by atoms with van der Waals surface area (Å²) in [5.41, 5.74) is 2.40. The van der Waals surface area contributed by atoms with Crippen molar-refractivity contribution in [3.05, 3.63) is 28.8 Å². The van der Waals surface area contributed by atoms with Gasteiger partial charge < -0.3 is 10.2 Å². The summed E-state index contributed by atoms with van der Waals surface area (Å²) in [6.07, 6.45) is 2.47. The van der Waals surface area contributed by atoms with Crippen LogP contribution < -0.4 is 10.2 Å². The van der Waals surface area contributed by atoms with Crippen LogP contribution in [-0.2, 0) is 0 Å². The summed E-state index contributed by atoms with van der Waals surface area (Å²) in [5.74, 6) is 0. The normalized spacial score (nSPS) is 24.3. The van der Waals surface area contributed by atoms with Gasteiger partial charge in [-0.15, -0.1) is 0 Å². The maximum atomic E-state index is 6.24. The van der Waals surface area contributed by atoms with E-state index in [0.717, 1.165) is 23.7 Å². The van der Waals surface area contributed by atoms with Crippen molar-refractivity contribution in [3.63, 3.8) is 0 Å². The highest BCUT2D eigenvalue weighted by molar-refractivity contribution is 6.31. The smallest absolute Gasteiger partial charge is 0.0455 e. The molecule has 0 bridgehead atoms. The minimum absolute atomic E-state index is 0.525. The molecule has 1 aromatic carbocycles. The van der Waals surface area contributed by atoms with E-state index >= 15 is 0 Å². The van der Waals surface area contributed by atoms with Gasteiger partial charge in [0, 0.05) is 35.9 Å². The molecule has 100 valence electrons. The second-order valence-electron chi connectivity index (χ2n) is 5.33. The summed E-state index contributed by atoms with van der Waals surface area (Å²) in [4.78, 5) is 2.47. The van der Waals surface area contributed by atoms with Crippen molar-refractivity contribution in [2.45, 2.75) is 45.7 Å². The Morgan fingerprint density at radius 3 is 2.89 bits per heavy atom. The molecule has 1 saturated heterocycles. The van der Waals surface area contributed by atoms with E-state index in [1.807, 2.05) is 6.92 Å². The number of nitrogens with one attached hydrogen (secondary N) is 1. The summed E-state index contributed by atoms with van der Waals surface area (Å²) >= 11 is 6.24. The van der Waals surface area contributed by atoms with Gasteiger partial charge in [0.05, 0.1) is 0 Å². The molecule has 3 heteroatoms. The second kappa shape index (κ2) is 5.94. The highest BCUT2D eigenvalue weighted by Crippen LogP contribution is 2.26. The van der Waals surface area contributed by atoms with E-state index in [1.54, 1.807) is 0 Å². The fourth-order valence-electron chi connectivity index (χ4n) is 2.59. The largest absolute Gasteiger partial charge is 0.366 e. The first-order valence-electron chi connectivity index (χ1n) is 6.88. The van der Waals surface area contributed by atoms with Crippen LogP contribution in [0.15, 0.2) is 18.2 Å². The third kappa shape index (κ3) is 2.99. The molecule has 1 aliphatic rings. The predicted molar refractivity (Wildman–Crippen MR) is 79.7 cm³/mol. The number of halogens is 1. The molecule has 0 amide bonds. The van der Waals surface area contributed by atoms with E-state index in [4.69, 9.17) is 11.6 Å². The zero-order valence-corrected chi connectivity index (χ0v) is 12.3. The summed E-state index contributed by atoms with van der Waals surface area (Å²) in [7, 11) is 0. The minimum atomic E-state index is 0.525. The monoisotopic (exact) mass is 266 g/mol. The third-order valence-corrected chi connectivity index (χ3v) is 4.18. The Kier molecular flexibility index (Phi) is 4.52. The Morgan fingerprint density at radius 1 is 1.44 bits per heavy atom. The number of hydrogen-bond acceptors (Lipinski definition) is 2. The number of anilines is 1. The fourth-order valence-corrected chi connectivity index (χ4v) is 2.77. The number of aryl methyl sites for hydroxylation is 1. The van der Waals surface area contributed by atoms with Crippen LogP contribution in [0.5, 0.6) is 0 Å². The van der Waals surface area contributed by atoms with E-state index in [1.165, 1.54) is 18.5 Å². The highest BCUT2D eigenvalue weighted by atomic mass is 35.5. The van der Waals surface area contributed by atoms with Crippen molar-refractivity contribution in [3.8, 4) is 0 Å². The van der Waals surface area contributed by atoms with E-state index in [-0.39, 0.29) is 0 Å². The van der Waals surface area contributed by atoms with Crippen LogP contribution >= 0.6 is 11.6 Å². The molecule has 1 aliphatic heterocycles. The van der Waals surface area contributed by atoms with Gasteiger partial charge >= 0.3 is 0 Å². The second-order valence-corrected chi connectivity index (χ2v) is 5.74. The SMILES string of the molecule is CCCC1CN(c2ccc(C)c(Cl)c2)C(C)CN1. The lowest BCUT2D eigenvalue weighted by molar-refractivity contribution is 0.386. The molecule has 0 saturated carbocycles. The van der Waals surface area contributed by atoms with Crippen LogP contribution in [0.1, 0.15) is 32.3 Å². The van der Waals surface area contributed by atoms with Crippen molar-refractivity contribution in [2.75, 3.05) is 18.0 Å². The highest BCUT2D eigenvalue weighted by Gasteiger charge is 2.24. The maximum Gasteiger partial charge on any atom is 0.0455 e. The molecule has 2 unspecified atom stereocenters. The fraction of sp³-hybridized carbons (Fsp3) is 0.600. The molecule has 18 heavy (non-hydrogen) atoms. The van der Waals surface area contributed by atoms with Crippen LogP contribution in [0.2, 0.25) is 5.02 Å². The average Bonchev–Trinajstić information content (AvgIpc) is 2.35. The van der Waals surface area contributed by atoms with Crippen LogP contribution in [0.25, 0.3) is 0 Å². The minimum Gasteiger partial charge on any atom is -0.366 e. The number of benzene rings is 1. The topological polar surface area (TPSA) is 15.3 Å². The van der Waals surface area contributed by atoms with Gasteiger partial charge in [0.25, 0.3) is 0 Å². The van der Waals surface area contributed by atoms with Gasteiger partial charge in [-0.25, -0.2) is 0 Å². The summed E-state index contributed by atoms with van der Waals surface area (Å²) in [5, 5.41) is 4.49. The molecular weight excluding hydrogens is 244 g/mol. The average molecular weight is 267 g/mol. The zero-order valence-electron chi connectivity index (χ0n) is 11.5. The first-order valence-corrected chi connectivity index (χ1v) is 7.25. The zero-order chi connectivity index (χ0) is 13.1. The molecule has 0 spiro atoms. The van der Waals surface area contributed by atoms with Gasteiger partial charge in [-0.05, 0) is 38.0 Å². The van der Waals surface area contributed by atoms with E-state index in [0.29, 0.717) is 12.1 Å². The first-order chi connectivity index (χ1) is 8.61. The lowest BCUT2D eigenvalue weighted by Gasteiger charge is -2.40. The molecule has 0 radical (unpaired) electrons. The van der Waals surface area contributed by atoms with Crippen molar-refractivity contribution in [2.24, 2.45) is 0 Å². The molecule has 1 fully saturated rings. The predicted octanol–water partition coefficient (Wildman–Crippen LogP) is 3.62. The first kappa shape index (κ1) is 13.7. The van der Waals surface area contributed by atoms with E-state index in [2.05, 4.69) is 42.3 Å². The van der Waals surface area contributed by atoms with Crippen molar-refractivity contribution in [1.29, 1.82) is 0 Å². The standard InChI is InChI=1S/C15H23ClN2/c1-4-5-13-10-18(12(3)9-17-13)14-7-6-11(2)15(16)8-14/h6-8,12-13,17H,4-5,9-10H2,1-3H3. The lowest BCUT2D eigenvalue weighted by Crippen LogP contribution is -2.55. The van der Waals surface area contributed by atoms with Crippen LogP contribution in [0, 0.1) is 6.92 Å². The van der Waals surface area contributed by atoms with E-state index < -0.39 is 0 Å². The molecule has 0 aliphatic carbocycles. The number of rotatable bonds is 3. The quantitative estimate of drug-likeness (QED) is 0.899. The Hall–Kier alpha value is -0.730. The summed E-state index contributed by atoms with van der Waals surface area (Å²) in [6, 6.07) is 7.53. The molecule has 1 aromatic rings. The number of piperazine rings is 1. The van der Waals surface area contributed by atoms with E-state index in [9.17, 15) is 0 Å².